The van der Waals surface area contributed by atoms with E-state index >= 15 is 0 Å². The predicted octanol–water partition coefficient (Wildman–Crippen LogP) is 3.80. The molecule has 1 amide bonds. The molecule has 2 aliphatic carbocycles. The van der Waals surface area contributed by atoms with E-state index < -0.39 is 10.8 Å². The zero-order chi connectivity index (χ0) is 15.9. The first-order valence-corrected chi connectivity index (χ1v) is 8.08. The number of amides is 1. The number of carbonyl (C=O) groups excluding carboxylic acids is 1. The first-order chi connectivity index (χ1) is 10.5. The number of halogens is 1. The van der Waals surface area contributed by atoms with Crippen LogP contribution in [0.4, 0.5) is 5.69 Å². The van der Waals surface area contributed by atoms with Gasteiger partial charge in [-0.3, -0.25) is 14.9 Å². The van der Waals surface area contributed by atoms with Crippen molar-refractivity contribution in [3.8, 4) is 0 Å². The number of rotatable bonds is 4. The van der Waals surface area contributed by atoms with Crippen LogP contribution >= 0.6 is 11.6 Å². The minimum Gasteiger partial charge on any atom is -0.349 e. The third-order valence-corrected chi connectivity index (χ3v) is 5.43. The molecule has 1 aromatic rings. The highest BCUT2D eigenvalue weighted by Crippen LogP contribution is 2.49. The lowest BCUT2D eigenvalue weighted by Crippen LogP contribution is -2.40. The van der Waals surface area contributed by atoms with Crippen molar-refractivity contribution >= 4 is 23.2 Å². The number of benzene rings is 1. The van der Waals surface area contributed by atoms with E-state index in [9.17, 15) is 14.9 Å². The molecule has 5 nitrogen and oxygen atoms in total. The first-order valence-electron chi connectivity index (χ1n) is 7.70. The number of hydrogen-bond donors (Lipinski definition) is 1. The molecule has 118 valence electrons. The number of nitrogens with zero attached hydrogens (tertiary/aromatic N) is 1. The summed E-state index contributed by atoms with van der Waals surface area (Å²) < 4.78 is 0. The molecule has 2 fully saturated rings. The molecule has 4 atom stereocenters. The highest BCUT2D eigenvalue weighted by atomic mass is 35.5. The molecule has 0 spiro atoms. The van der Waals surface area contributed by atoms with E-state index in [2.05, 4.69) is 5.32 Å². The molecule has 0 aromatic heterocycles. The van der Waals surface area contributed by atoms with Crippen LogP contribution in [0.25, 0.3) is 0 Å². The highest BCUT2D eigenvalue weighted by Gasteiger charge is 2.42. The van der Waals surface area contributed by atoms with E-state index in [-0.39, 0.29) is 17.3 Å². The Kier molecular flexibility index (Phi) is 4.08. The largest absolute Gasteiger partial charge is 0.349 e. The second kappa shape index (κ2) is 5.88. The number of nitrogens with one attached hydrogen (secondary N) is 1. The SMILES string of the molecule is C[C@@H](NC(=O)c1cc(Cl)ccc1[N+](=O)[O-])[C@H]1C[C@H]2CC[C@H]1C2. The zero-order valence-electron chi connectivity index (χ0n) is 12.4. The third kappa shape index (κ3) is 2.82. The maximum Gasteiger partial charge on any atom is 0.282 e. The second-order valence-corrected chi connectivity index (χ2v) is 6.96. The number of nitro groups is 1. The Bertz CT molecular complexity index is 619. The molecule has 0 radical (unpaired) electrons. The van der Waals surface area contributed by atoms with Gasteiger partial charge in [-0.25, -0.2) is 0 Å². The van der Waals surface area contributed by atoms with Crippen molar-refractivity contribution in [1.29, 1.82) is 0 Å². The Balaban J connectivity index is 1.74. The monoisotopic (exact) mass is 322 g/mol. The summed E-state index contributed by atoms with van der Waals surface area (Å²) in [5, 5.41) is 14.3. The van der Waals surface area contributed by atoms with Crippen LogP contribution in [0.3, 0.4) is 0 Å². The van der Waals surface area contributed by atoms with Gasteiger partial charge in [0.1, 0.15) is 5.56 Å². The Morgan fingerprint density at radius 3 is 2.77 bits per heavy atom. The van der Waals surface area contributed by atoms with Crippen molar-refractivity contribution in [2.45, 2.75) is 38.6 Å². The van der Waals surface area contributed by atoms with Gasteiger partial charge in [0.15, 0.2) is 0 Å². The van der Waals surface area contributed by atoms with Gasteiger partial charge in [0.05, 0.1) is 4.92 Å². The van der Waals surface area contributed by atoms with Gasteiger partial charge in [-0.15, -0.1) is 0 Å². The minimum atomic E-state index is -0.548. The van der Waals surface area contributed by atoms with Crippen LogP contribution in [0, 0.1) is 27.9 Å². The van der Waals surface area contributed by atoms with Crippen molar-refractivity contribution in [3.05, 3.63) is 38.9 Å². The maximum absolute atomic E-state index is 12.4. The van der Waals surface area contributed by atoms with Crippen LogP contribution in [0.1, 0.15) is 43.0 Å². The van der Waals surface area contributed by atoms with Crippen molar-refractivity contribution in [3.63, 3.8) is 0 Å². The fourth-order valence-corrected chi connectivity index (χ4v) is 4.32. The molecule has 2 bridgehead atoms. The van der Waals surface area contributed by atoms with Gasteiger partial charge in [-0.2, -0.15) is 0 Å². The summed E-state index contributed by atoms with van der Waals surface area (Å²) in [5.41, 5.74) is -0.172. The molecule has 3 rings (SSSR count). The van der Waals surface area contributed by atoms with Crippen LogP contribution in [-0.4, -0.2) is 16.9 Å². The lowest BCUT2D eigenvalue weighted by molar-refractivity contribution is -0.385. The summed E-state index contributed by atoms with van der Waals surface area (Å²) >= 11 is 5.88. The maximum atomic E-state index is 12.4. The van der Waals surface area contributed by atoms with E-state index in [1.165, 1.54) is 37.5 Å². The van der Waals surface area contributed by atoms with Crippen molar-refractivity contribution in [2.75, 3.05) is 0 Å². The molecule has 2 saturated carbocycles. The van der Waals surface area contributed by atoms with Crippen LogP contribution in [0.5, 0.6) is 0 Å². The van der Waals surface area contributed by atoms with Gasteiger partial charge in [0.2, 0.25) is 0 Å². The van der Waals surface area contributed by atoms with E-state index in [4.69, 9.17) is 11.6 Å². The smallest absolute Gasteiger partial charge is 0.282 e. The van der Waals surface area contributed by atoms with Gasteiger partial charge >= 0.3 is 0 Å². The second-order valence-electron chi connectivity index (χ2n) is 6.52. The fourth-order valence-electron chi connectivity index (χ4n) is 4.15. The summed E-state index contributed by atoms with van der Waals surface area (Å²) in [6, 6.07) is 4.10. The normalized spacial score (nSPS) is 27.6. The molecule has 0 saturated heterocycles. The van der Waals surface area contributed by atoms with E-state index in [0.29, 0.717) is 16.9 Å². The molecular weight excluding hydrogens is 304 g/mol. The molecule has 6 heteroatoms. The average molecular weight is 323 g/mol. The lowest BCUT2D eigenvalue weighted by atomic mass is 9.84. The molecule has 22 heavy (non-hydrogen) atoms. The molecule has 1 N–H and O–H groups in total. The summed E-state index contributed by atoms with van der Waals surface area (Å²) in [5.74, 6) is 1.56. The van der Waals surface area contributed by atoms with Crippen LogP contribution < -0.4 is 5.32 Å². The van der Waals surface area contributed by atoms with Gasteiger partial charge in [-0.05, 0) is 56.1 Å². The molecular formula is C16H19ClN2O3. The summed E-state index contributed by atoms with van der Waals surface area (Å²) in [6.07, 6.45) is 4.97. The van der Waals surface area contributed by atoms with Crippen LogP contribution in [0.15, 0.2) is 18.2 Å². The van der Waals surface area contributed by atoms with Crippen molar-refractivity contribution < 1.29 is 9.72 Å². The van der Waals surface area contributed by atoms with Gasteiger partial charge in [0.25, 0.3) is 11.6 Å². The Morgan fingerprint density at radius 2 is 2.18 bits per heavy atom. The number of carbonyl (C=O) groups is 1. The van der Waals surface area contributed by atoms with E-state index in [1.807, 2.05) is 6.92 Å². The topological polar surface area (TPSA) is 72.2 Å². The molecule has 0 heterocycles. The van der Waals surface area contributed by atoms with Crippen LogP contribution in [-0.2, 0) is 0 Å². The zero-order valence-corrected chi connectivity index (χ0v) is 13.2. The Hall–Kier alpha value is -1.62. The third-order valence-electron chi connectivity index (χ3n) is 5.19. The molecule has 0 unspecified atom stereocenters. The Morgan fingerprint density at radius 1 is 1.41 bits per heavy atom. The molecule has 2 aliphatic rings. The number of hydrogen-bond acceptors (Lipinski definition) is 3. The average Bonchev–Trinajstić information content (AvgIpc) is 3.09. The first kappa shape index (κ1) is 15.3. The number of nitro benzene ring substituents is 1. The fraction of sp³-hybridized carbons (Fsp3) is 0.562. The van der Waals surface area contributed by atoms with E-state index in [0.717, 1.165) is 12.3 Å². The van der Waals surface area contributed by atoms with Gasteiger partial charge in [0, 0.05) is 17.1 Å². The van der Waals surface area contributed by atoms with Gasteiger partial charge in [-0.1, -0.05) is 18.0 Å². The highest BCUT2D eigenvalue weighted by molar-refractivity contribution is 6.31. The molecule has 1 aromatic carbocycles. The minimum absolute atomic E-state index is 0.0291. The summed E-state index contributed by atoms with van der Waals surface area (Å²) in [4.78, 5) is 22.9. The van der Waals surface area contributed by atoms with Crippen molar-refractivity contribution in [2.24, 2.45) is 17.8 Å². The quantitative estimate of drug-likeness (QED) is 0.677. The Labute approximate surface area is 134 Å². The van der Waals surface area contributed by atoms with E-state index in [1.54, 1.807) is 0 Å². The number of fused-ring (bicyclic) bond motifs is 2. The van der Waals surface area contributed by atoms with Crippen molar-refractivity contribution in [1.82, 2.24) is 5.32 Å². The summed E-state index contributed by atoms with van der Waals surface area (Å²) in [7, 11) is 0. The summed E-state index contributed by atoms with van der Waals surface area (Å²) in [6.45, 7) is 2.00. The predicted molar refractivity (Wildman–Crippen MR) is 84.0 cm³/mol. The van der Waals surface area contributed by atoms with Gasteiger partial charge < -0.3 is 5.32 Å². The standard InChI is InChI=1S/C16H19ClN2O3/c1-9(13-7-10-2-3-11(13)6-10)18-16(20)14-8-12(17)4-5-15(14)19(21)22/h4-5,8-11,13H,2-3,6-7H2,1H3,(H,18,20)/t9-,10+,11+,13-/m1/s1. The van der Waals surface area contributed by atoms with Crippen LogP contribution in [0.2, 0.25) is 5.02 Å². The lowest BCUT2D eigenvalue weighted by Gasteiger charge is -2.28. The molecule has 0 aliphatic heterocycles.